The molecular weight excluding hydrogens is 260 g/mol. The first kappa shape index (κ1) is 13.1. The van der Waals surface area contributed by atoms with Crippen LogP contribution in [0.4, 0.5) is 0 Å². The molecule has 3 rings (SSSR count). The predicted octanol–water partition coefficient (Wildman–Crippen LogP) is 0.576. The molecule has 0 spiro atoms. The lowest BCUT2D eigenvalue weighted by molar-refractivity contribution is -0.147. The molecule has 0 radical (unpaired) electrons. The maximum atomic E-state index is 12.2. The minimum Gasteiger partial charge on any atom is -0.481 e. The quantitative estimate of drug-likeness (QED) is 0.839. The lowest BCUT2D eigenvalue weighted by Crippen LogP contribution is -2.43. The molecule has 2 bridgehead atoms. The number of carbonyl (C=O) groups is 2. The van der Waals surface area contributed by atoms with E-state index in [9.17, 15) is 14.7 Å². The van der Waals surface area contributed by atoms with Crippen molar-refractivity contribution in [2.24, 2.45) is 11.8 Å². The number of rotatable bonds is 4. The number of hydrogen-bond donors (Lipinski definition) is 2. The van der Waals surface area contributed by atoms with E-state index in [-0.39, 0.29) is 18.1 Å². The van der Waals surface area contributed by atoms with E-state index in [1.807, 2.05) is 6.07 Å². The number of aliphatic carboxylic acids is 1. The minimum absolute atomic E-state index is 0.242. The van der Waals surface area contributed by atoms with Crippen LogP contribution in [-0.2, 0) is 20.9 Å². The minimum atomic E-state index is -0.946. The standard InChI is InChI=1S/C14H16N2O4/c17-13(16-7-8-2-1-5-15-6-8)11-9-3-4-10(20-9)12(11)14(18)19/h1-2,5-6,9-12H,3-4,7H2,(H,16,17)(H,18,19)/t9-,10+,11-,12-/m1/s1. The Labute approximate surface area is 116 Å². The summed E-state index contributed by atoms with van der Waals surface area (Å²) in [5.74, 6) is -2.49. The molecule has 2 fully saturated rings. The van der Waals surface area contributed by atoms with Crippen molar-refractivity contribution in [1.29, 1.82) is 0 Å². The van der Waals surface area contributed by atoms with Crippen LogP contribution >= 0.6 is 0 Å². The van der Waals surface area contributed by atoms with Crippen molar-refractivity contribution in [1.82, 2.24) is 10.3 Å². The summed E-state index contributed by atoms with van der Waals surface area (Å²) in [6, 6.07) is 3.65. The van der Waals surface area contributed by atoms with Crippen LogP contribution < -0.4 is 5.32 Å². The number of pyridine rings is 1. The van der Waals surface area contributed by atoms with Gasteiger partial charge in [-0.2, -0.15) is 0 Å². The van der Waals surface area contributed by atoms with Crippen molar-refractivity contribution in [2.75, 3.05) is 0 Å². The van der Waals surface area contributed by atoms with Crippen LogP contribution in [0, 0.1) is 11.8 Å². The van der Waals surface area contributed by atoms with Crippen LogP contribution in [0.3, 0.4) is 0 Å². The average molecular weight is 276 g/mol. The summed E-state index contributed by atoms with van der Waals surface area (Å²) in [5, 5.41) is 12.1. The maximum absolute atomic E-state index is 12.2. The number of carboxylic acid groups (broad SMARTS) is 1. The molecule has 0 saturated carbocycles. The van der Waals surface area contributed by atoms with Gasteiger partial charge < -0.3 is 15.2 Å². The lowest BCUT2D eigenvalue weighted by atomic mass is 9.78. The van der Waals surface area contributed by atoms with Gasteiger partial charge in [0.05, 0.1) is 24.0 Å². The zero-order chi connectivity index (χ0) is 14.1. The van der Waals surface area contributed by atoms with Crippen LogP contribution in [0.5, 0.6) is 0 Å². The van der Waals surface area contributed by atoms with Crippen molar-refractivity contribution in [3.8, 4) is 0 Å². The third-order valence-corrected chi connectivity index (χ3v) is 4.05. The van der Waals surface area contributed by atoms with E-state index in [1.165, 1.54) is 0 Å². The molecule has 1 aromatic heterocycles. The average Bonchev–Trinajstić information content (AvgIpc) is 3.06. The first-order valence-electron chi connectivity index (χ1n) is 6.71. The molecule has 0 aromatic carbocycles. The molecule has 0 aliphatic carbocycles. The number of carboxylic acids is 1. The summed E-state index contributed by atoms with van der Waals surface area (Å²) in [7, 11) is 0. The molecule has 2 aliphatic heterocycles. The summed E-state index contributed by atoms with van der Waals surface area (Å²) in [4.78, 5) is 27.5. The molecule has 6 nitrogen and oxygen atoms in total. The highest BCUT2D eigenvalue weighted by Crippen LogP contribution is 2.43. The monoisotopic (exact) mass is 276 g/mol. The SMILES string of the molecule is O=C(O)[C@H]1[C@H](C(=O)NCc2cccnc2)[C@H]2CC[C@@H]1O2. The zero-order valence-electron chi connectivity index (χ0n) is 10.9. The Hall–Kier alpha value is -1.95. The van der Waals surface area contributed by atoms with E-state index in [1.54, 1.807) is 18.5 Å². The smallest absolute Gasteiger partial charge is 0.310 e. The lowest BCUT2D eigenvalue weighted by Gasteiger charge is -2.23. The summed E-state index contributed by atoms with van der Waals surface area (Å²) < 4.78 is 5.58. The number of fused-ring (bicyclic) bond motifs is 2. The van der Waals surface area contributed by atoms with Crippen molar-refractivity contribution < 1.29 is 19.4 Å². The summed E-state index contributed by atoms with van der Waals surface area (Å²) in [6.07, 6.45) is 4.26. The fourth-order valence-electron chi connectivity index (χ4n) is 3.13. The Balaban J connectivity index is 1.66. The summed E-state index contributed by atoms with van der Waals surface area (Å²) in [6.45, 7) is 0.354. The molecule has 20 heavy (non-hydrogen) atoms. The van der Waals surface area contributed by atoms with E-state index in [0.717, 1.165) is 18.4 Å². The van der Waals surface area contributed by atoms with Gasteiger partial charge in [0.15, 0.2) is 0 Å². The molecule has 2 saturated heterocycles. The van der Waals surface area contributed by atoms with Crippen LogP contribution in [0.1, 0.15) is 18.4 Å². The molecule has 4 atom stereocenters. The highest BCUT2D eigenvalue weighted by atomic mass is 16.5. The fraction of sp³-hybridized carbons (Fsp3) is 0.500. The second kappa shape index (κ2) is 5.20. The highest BCUT2D eigenvalue weighted by molar-refractivity contribution is 5.86. The Kier molecular flexibility index (Phi) is 3.40. The molecule has 2 aliphatic rings. The highest BCUT2D eigenvalue weighted by Gasteiger charge is 2.55. The number of aromatic nitrogens is 1. The van der Waals surface area contributed by atoms with Gasteiger partial charge in [-0.05, 0) is 24.5 Å². The molecule has 3 heterocycles. The van der Waals surface area contributed by atoms with Crippen molar-refractivity contribution >= 4 is 11.9 Å². The van der Waals surface area contributed by atoms with Gasteiger partial charge in [-0.25, -0.2) is 0 Å². The Morgan fingerprint density at radius 2 is 2.10 bits per heavy atom. The summed E-state index contributed by atoms with van der Waals surface area (Å²) in [5.41, 5.74) is 0.886. The van der Waals surface area contributed by atoms with Crippen molar-refractivity contribution in [2.45, 2.75) is 31.6 Å². The van der Waals surface area contributed by atoms with Gasteiger partial charge in [-0.1, -0.05) is 6.07 Å². The van der Waals surface area contributed by atoms with Gasteiger partial charge in [-0.15, -0.1) is 0 Å². The predicted molar refractivity (Wildman–Crippen MR) is 68.6 cm³/mol. The Morgan fingerprint density at radius 1 is 1.35 bits per heavy atom. The number of amides is 1. The van der Waals surface area contributed by atoms with Crippen LogP contribution in [0.25, 0.3) is 0 Å². The first-order chi connectivity index (χ1) is 9.66. The Bertz CT molecular complexity index is 519. The van der Waals surface area contributed by atoms with Gasteiger partial charge in [0.25, 0.3) is 0 Å². The molecule has 106 valence electrons. The number of nitrogens with zero attached hydrogens (tertiary/aromatic N) is 1. The third-order valence-electron chi connectivity index (χ3n) is 4.05. The number of hydrogen-bond acceptors (Lipinski definition) is 4. The fourth-order valence-corrected chi connectivity index (χ4v) is 3.13. The zero-order valence-corrected chi connectivity index (χ0v) is 10.9. The van der Waals surface area contributed by atoms with Gasteiger partial charge in [0.1, 0.15) is 0 Å². The van der Waals surface area contributed by atoms with Crippen LogP contribution in [-0.4, -0.2) is 34.2 Å². The molecule has 2 N–H and O–H groups in total. The third kappa shape index (κ3) is 2.27. The second-order valence-electron chi connectivity index (χ2n) is 5.26. The van der Waals surface area contributed by atoms with E-state index in [4.69, 9.17) is 4.74 Å². The number of carbonyl (C=O) groups excluding carboxylic acids is 1. The topological polar surface area (TPSA) is 88.5 Å². The molecule has 0 unspecified atom stereocenters. The maximum Gasteiger partial charge on any atom is 0.310 e. The van der Waals surface area contributed by atoms with E-state index in [2.05, 4.69) is 10.3 Å². The Morgan fingerprint density at radius 3 is 2.75 bits per heavy atom. The number of ether oxygens (including phenoxy) is 1. The van der Waals surface area contributed by atoms with Gasteiger partial charge in [0.2, 0.25) is 5.91 Å². The van der Waals surface area contributed by atoms with Crippen LogP contribution in [0.15, 0.2) is 24.5 Å². The molecule has 6 heteroatoms. The summed E-state index contributed by atoms with van der Waals surface area (Å²) >= 11 is 0. The van der Waals surface area contributed by atoms with E-state index < -0.39 is 17.8 Å². The molecule has 1 aromatic rings. The molecular formula is C14H16N2O4. The second-order valence-corrected chi connectivity index (χ2v) is 5.26. The van der Waals surface area contributed by atoms with Crippen molar-refractivity contribution in [3.63, 3.8) is 0 Å². The van der Waals surface area contributed by atoms with Crippen molar-refractivity contribution in [3.05, 3.63) is 30.1 Å². The van der Waals surface area contributed by atoms with E-state index in [0.29, 0.717) is 6.54 Å². The van der Waals surface area contributed by atoms with E-state index >= 15 is 0 Å². The van der Waals surface area contributed by atoms with Gasteiger partial charge >= 0.3 is 5.97 Å². The number of nitrogens with one attached hydrogen (secondary N) is 1. The normalized spacial score (nSPS) is 31.2. The van der Waals surface area contributed by atoms with Gasteiger partial charge in [-0.3, -0.25) is 14.6 Å². The van der Waals surface area contributed by atoms with Crippen LogP contribution in [0.2, 0.25) is 0 Å². The largest absolute Gasteiger partial charge is 0.481 e. The molecule has 1 amide bonds. The van der Waals surface area contributed by atoms with Gasteiger partial charge in [0, 0.05) is 18.9 Å². The first-order valence-corrected chi connectivity index (χ1v) is 6.71.